The first kappa shape index (κ1) is 59.1. The number of hydrogen-bond donors (Lipinski definition) is 4. The van der Waals surface area contributed by atoms with Crippen LogP contribution in [0.4, 0.5) is 0 Å². The van der Waals surface area contributed by atoms with E-state index >= 15 is 0 Å². The lowest BCUT2D eigenvalue weighted by Crippen LogP contribution is -2.60. The second-order valence-electron chi connectivity index (χ2n) is 18.1. The summed E-state index contributed by atoms with van der Waals surface area (Å²) in [7, 11) is -5.06. The molecule has 6 unspecified atom stereocenters. The highest BCUT2D eigenvalue weighted by molar-refractivity contribution is 7.80. The Kier molecular flexibility index (Phi) is 39.6. The predicted octanol–water partition coefficient (Wildman–Crippen LogP) is 11.6. The Labute approximate surface area is 379 Å². The lowest BCUT2D eigenvalue weighted by molar-refractivity contribution is -0.301. The number of unbranched alkanes of at least 4 members (excludes halogenated alkanes) is 33. The standard InChI is InChI=1S/C49H96O12S/c1-3-5-7-9-11-13-15-16-17-18-19-20-21-22-23-24-25-26-27-29-31-33-35-37-39-57-41-43(59-45(51)38-36-34-32-30-28-14-12-10-8-6-4-2)42-58-49-47(53)48(61-62(54,55)56)46(52)44(40-50)60-49/h43-44,46-50,52-53H,3-42H2,1-2H3,(H,54,55,56). The first-order valence-electron chi connectivity index (χ1n) is 25.8. The van der Waals surface area contributed by atoms with Crippen LogP contribution in [0, 0.1) is 0 Å². The third-order valence-electron chi connectivity index (χ3n) is 12.2. The lowest BCUT2D eigenvalue weighted by Gasteiger charge is -2.41. The normalized spacial score (nSPS) is 19.9. The van der Waals surface area contributed by atoms with Crippen molar-refractivity contribution in [3.63, 3.8) is 0 Å². The second-order valence-corrected chi connectivity index (χ2v) is 19.2. The predicted molar refractivity (Wildman–Crippen MR) is 248 cm³/mol. The molecule has 1 aliphatic rings. The molecule has 0 bridgehead atoms. The molecule has 0 spiro atoms. The van der Waals surface area contributed by atoms with E-state index in [1.807, 2.05) is 0 Å². The quantitative estimate of drug-likeness (QED) is 0.0258. The Morgan fingerprint density at radius 1 is 0.548 bits per heavy atom. The van der Waals surface area contributed by atoms with Crippen LogP contribution < -0.4 is 0 Å². The topological polar surface area (TPSA) is 178 Å². The molecule has 370 valence electrons. The summed E-state index contributed by atoms with van der Waals surface area (Å²) < 4.78 is 59.1. The fraction of sp³-hybridized carbons (Fsp3) is 0.980. The van der Waals surface area contributed by atoms with E-state index in [1.165, 1.54) is 180 Å². The van der Waals surface area contributed by atoms with Gasteiger partial charge in [0, 0.05) is 13.0 Å². The minimum Gasteiger partial charge on any atom is -0.457 e. The first-order chi connectivity index (χ1) is 30.1. The maximum absolute atomic E-state index is 12.8. The molecule has 1 fully saturated rings. The summed E-state index contributed by atoms with van der Waals surface area (Å²) in [5.74, 6) is -0.394. The van der Waals surface area contributed by atoms with Crippen molar-refractivity contribution in [1.29, 1.82) is 0 Å². The van der Waals surface area contributed by atoms with E-state index in [0.29, 0.717) is 13.0 Å². The van der Waals surface area contributed by atoms with Crippen LogP contribution in [0.5, 0.6) is 0 Å². The van der Waals surface area contributed by atoms with E-state index in [9.17, 15) is 28.5 Å². The van der Waals surface area contributed by atoms with Crippen LogP contribution in [-0.4, -0.2) is 97.5 Å². The fourth-order valence-corrected chi connectivity index (χ4v) is 8.83. The van der Waals surface area contributed by atoms with Crippen LogP contribution in [0.25, 0.3) is 0 Å². The molecule has 4 N–H and O–H groups in total. The number of carbonyl (C=O) groups is 1. The van der Waals surface area contributed by atoms with Crippen molar-refractivity contribution >= 4 is 16.4 Å². The van der Waals surface area contributed by atoms with Gasteiger partial charge in [-0.1, -0.05) is 226 Å². The molecule has 0 aliphatic carbocycles. The summed E-state index contributed by atoms with van der Waals surface area (Å²) in [6.07, 6.45) is 35.8. The lowest BCUT2D eigenvalue weighted by atomic mass is 9.99. The van der Waals surface area contributed by atoms with Gasteiger partial charge in [-0.05, 0) is 12.8 Å². The van der Waals surface area contributed by atoms with Crippen molar-refractivity contribution in [1.82, 2.24) is 0 Å². The van der Waals surface area contributed by atoms with E-state index < -0.39 is 59.8 Å². The highest BCUT2D eigenvalue weighted by Crippen LogP contribution is 2.26. The van der Waals surface area contributed by atoms with E-state index in [0.717, 1.165) is 38.5 Å². The molecule has 6 atom stereocenters. The number of rotatable bonds is 46. The average molecular weight is 909 g/mol. The van der Waals surface area contributed by atoms with E-state index in [2.05, 4.69) is 18.0 Å². The van der Waals surface area contributed by atoms with Gasteiger partial charge in [-0.2, -0.15) is 8.42 Å². The zero-order chi connectivity index (χ0) is 45.4. The molecular formula is C49H96O12S. The molecule has 0 saturated carbocycles. The Morgan fingerprint density at radius 2 is 0.919 bits per heavy atom. The molecule has 1 rings (SSSR count). The van der Waals surface area contributed by atoms with Gasteiger partial charge in [0.05, 0.1) is 19.8 Å². The van der Waals surface area contributed by atoms with Crippen molar-refractivity contribution in [3.05, 3.63) is 0 Å². The molecule has 1 heterocycles. The Bertz CT molecular complexity index is 1090. The van der Waals surface area contributed by atoms with Crippen LogP contribution in [0.3, 0.4) is 0 Å². The summed E-state index contributed by atoms with van der Waals surface area (Å²) >= 11 is 0. The van der Waals surface area contributed by atoms with Crippen molar-refractivity contribution in [3.8, 4) is 0 Å². The molecule has 1 aliphatic heterocycles. The summed E-state index contributed by atoms with van der Waals surface area (Å²) in [5, 5.41) is 30.7. The Morgan fingerprint density at radius 3 is 1.29 bits per heavy atom. The molecule has 13 heteroatoms. The molecule has 62 heavy (non-hydrogen) atoms. The number of aliphatic hydroxyl groups excluding tert-OH is 3. The molecule has 0 aromatic carbocycles. The monoisotopic (exact) mass is 909 g/mol. The Hall–Kier alpha value is -0.900. The summed E-state index contributed by atoms with van der Waals surface area (Å²) in [4.78, 5) is 12.8. The summed E-state index contributed by atoms with van der Waals surface area (Å²) in [6, 6.07) is 0. The minimum atomic E-state index is -5.06. The van der Waals surface area contributed by atoms with Crippen molar-refractivity contribution in [2.45, 2.75) is 282 Å². The van der Waals surface area contributed by atoms with Crippen LogP contribution in [0.2, 0.25) is 0 Å². The molecule has 0 aromatic heterocycles. The SMILES string of the molecule is CCCCCCCCCCCCCCCCCCCCCCCCCCOCC(COC1OC(CO)C(O)C(OS(=O)(=O)O)C1O)OC(=O)CCCCCCCCCCCCC. The smallest absolute Gasteiger partial charge is 0.397 e. The molecular weight excluding hydrogens is 813 g/mol. The third kappa shape index (κ3) is 34.4. The van der Waals surface area contributed by atoms with Crippen molar-refractivity contribution < 1.29 is 56.2 Å². The number of hydrogen-bond acceptors (Lipinski definition) is 11. The zero-order valence-corrected chi connectivity index (χ0v) is 40.5. The highest BCUT2D eigenvalue weighted by Gasteiger charge is 2.48. The molecule has 0 amide bonds. The van der Waals surface area contributed by atoms with Crippen molar-refractivity contribution in [2.24, 2.45) is 0 Å². The van der Waals surface area contributed by atoms with Gasteiger partial charge >= 0.3 is 16.4 Å². The number of esters is 1. The summed E-state index contributed by atoms with van der Waals surface area (Å²) in [6.45, 7) is 4.03. The van der Waals surface area contributed by atoms with Gasteiger partial charge in [0.2, 0.25) is 0 Å². The first-order valence-corrected chi connectivity index (χ1v) is 27.2. The molecule has 0 radical (unpaired) electrons. The number of carbonyl (C=O) groups excluding carboxylic acids is 1. The number of aliphatic hydroxyl groups is 3. The van der Waals surface area contributed by atoms with Gasteiger partial charge in [0.1, 0.15) is 30.5 Å². The molecule has 0 aromatic rings. The van der Waals surface area contributed by atoms with Crippen LogP contribution in [0.1, 0.15) is 245 Å². The van der Waals surface area contributed by atoms with E-state index in [-0.39, 0.29) is 19.6 Å². The van der Waals surface area contributed by atoms with E-state index in [4.69, 9.17) is 23.5 Å². The second kappa shape index (κ2) is 41.5. The third-order valence-corrected chi connectivity index (χ3v) is 12.7. The van der Waals surface area contributed by atoms with Gasteiger partial charge in [0.25, 0.3) is 0 Å². The minimum absolute atomic E-state index is 0.0448. The van der Waals surface area contributed by atoms with E-state index in [1.54, 1.807) is 0 Å². The highest BCUT2D eigenvalue weighted by atomic mass is 32.3. The van der Waals surface area contributed by atoms with Gasteiger partial charge in [-0.25, -0.2) is 4.18 Å². The molecule has 12 nitrogen and oxygen atoms in total. The summed E-state index contributed by atoms with van der Waals surface area (Å²) in [5.41, 5.74) is 0. The van der Waals surface area contributed by atoms with Crippen molar-refractivity contribution in [2.75, 3.05) is 26.4 Å². The zero-order valence-electron chi connectivity index (χ0n) is 39.7. The van der Waals surface area contributed by atoms with Gasteiger partial charge in [-0.15, -0.1) is 0 Å². The number of ether oxygens (including phenoxy) is 4. The molecule has 1 saturated heterocycles. The fourth-order valence-electron chi connectivity index (χ4n) is 8.32. The van der Waals surface area contributed by atoms with Gasteiger partial charge in [-0.3, -0.25) is 9.35 Å². The maximum Gasteiger partial charge on any atom is 0.397 e. The van der Waals surface area contributed by atoms with Gasteiger partial charge in [0.15, 0.2) is 6.29 Å². The van der Waals surface area contributed by atoms with Crippen LogP contribution in [-0.2, 0) is 38.3 Å². The average Bonchev–Trinajstić information content (AvgIpc) is 3.24. The van der Waals surface area contributed by atoms with Crippen LogP contribution >= 0.6 is 0 Å². The Balaban J connectivity index is 2.26. The van der Waals surface area contributed by atoms with Crippen LogP contribution in [0.15, 0.2) is 0 Å². The van der Waals surface area contributed by atoms with Gasteiger partial charge < -0.3 is 34.3 Å². The maximum atomic E-state index is 12.8. The largest absolute Gasteiger partial charge is 0.457 e.